The molecule has 0 amide bonds. The van der Waals surface area contributed by atoms with E-state index in [9.17, 15) is 9.90 Å². The van der Waals surface area contributed by atoms with E-state index in [-0.39, 0.29) is 5.92 Å². The van der Waals surface area contributed by atoms with Crippen LogP contribution < -0.4 is 5.32 Å². The summed E-state index contributed by atoms with van der Waals surface area (Å²) in [4.78, 5) is 11.5. The van der Waals surface area contributed by atoms with E-state index in [1.54, 1.807) is 6.07 Å². The molecule has 3 nitrogen and oxygen atoms in total. The maximum Gasteiger partial charge on any atom is 0.326 e. The molecule has 1 aromatic carbocycles. The number of nitrogens with one attached hydrogen (secondary N) is 1. The molecule has 0 radical (unpaired) electrons. The average Bonchev–Trinajstić information content (AvgIpc) is 2.40. The smallest absolute Gasteiger partial charge is 0.326 e. The van der Waals surface area contributed by atoms with E-state index < -0.39 is 12.0 Å². The third kappa shape index (κ3) is 3.86. The van der Waals surface area contributed by atoms with Gasteiger partial charge in [0.05, 0.1) is 5.02 Å². The van der Waals surface area contributed by atoms with Crippen LogP contribution in [0.5, 0.6) is 0 Å². The van der Waals surface area contributed by atoms with Crippen molar-refractivity contribution in [3.8, 4) is 0 Å². The molecule has 2 rings (SSSR count). The Balaban J connectivity index is 2.11. The number of aliphatic carboxylic acids is 1. The lowest BCUT2D eigenvalue weighted by atomic mass is 9.84. The average molecular weight is 347 g/mol. The topological polar surface area (TPSA) is 49.3 Å². The van der Waals surface area contributed by atoms with Crippen molar-refractivity contribution in [2.75, 3.05) is 5.32 Å². The van der Waals surface area contributed by atoms with Crippen molar-refractivity contribution in [2.24, 2.45) is 5.92 Å². The molecule has 1 saturated carbocycles. The lowest BCUT2D eigenvalue weighted by Crippen LogP contribution is -2.37. The number of halogens is 2. The molecular weight excluding hydrogens is 330 g/mol. The van der Waals surface area contributed by atoms with Gasteiger partial charge < -0.3 is 10.4 Å². The molecule has 0 bridgehead atoms. The Hall–Kier alpha value is -0.740. The van der Waals surface area contributed by atoms with E-state index in [1.807, 2.05) is 12.1 Å². The van der Waals surface area contributed by atoms with Gasteiger partial charge in [0.1, 0.15) is 6.04 Å². The quantitative estimate of drug-likeness (QED) is 0.841. The predicted molar refractivity (Wildman–Crippen MR) is 80.8 cm³/mol. The third-order valence-corrected chi connectivity index (χ3v) is 4.84. The van der Waals surface area contributed by atoms with Crippen molar-refractivity contribution in [1.29, 1.82) is 0 Å². The number of anilines is 1. The van der Waals surface area contributed by atoms with E-state index >= 15 is 0 Å². The molecule has 19 heavy (non-hydrogen) atoms. The molecule has 0 heterocycles. The molecule has 104 valence electrons. The Morgan fingerprint density at radius 2 is 2.05 bits per heavy atom. The second kappa shape index (κ2) is 6.62. The van der Waals surface area contributed by atoms with Crippen LogP contribution in [-0.4, -0.2) is 17.1 Å². The number of carboxylic acid groups (broad SMARTS) is 1. The molecule has 1 fully saturated rings. The molecule has 0 aliphatic heterocycles. The maximum absolute atomic E-state index is 11.5. The fourth-order valence-electron chi connectivity index (χ4n) is 2.61. The number of hydrogen-bond acceptors (Lipinski definition) is 2. The first kappa shape index (κ1) is 14.7. The first-order chi connectivity index (χ1) is 9.08. The van der Waals surface area contributed by atoms with Crippen LogP contribution in [0.15, 0.2) is 22.7 Å². The van der Waals surface area contributed by atoms with Crippen LogP contribution in [0.1, 0.15) is 32.1 Å². The second-order valence-electron chi connectivity index (χ2n) is 4.99. The highest BCUT2D eigenvalue weighted by Crippen LogP contribution is 2.30. The number of carbonyl (C=O) groups is 1. The van der Waals surface area contributed by atoms with Gasteiger partial charge in [0.25, 0.3) is 0 Å². The van der Waals surface area contributed by atoms with Crippen molar-refractivity contribution in [3.05, 3.63) is 27.7 Å². The molecule has 5 heteroatoms. The number of carboxylic acids is 1. The van der Waals surface area contributed by atoms with Crippen LogP contribution >= 0.6 is 27.5 Å². The lowest BCUT2D eigenvalue weighted by Gasteiger charge is -2.28. The molecule has 0 aromatic heterocycles. The number of hydrogen-bond donors (Lipinski definition) is 2. The number of benzene rings is 1. The zero-order valence-corrected chi connectivity index (χ0v) is 12.9. The summed E-state index contributed by atoms with van der Waals surface area (Å²) < 4.78 is 0.770. The maximum atomic E-state index is 11.5. The largest absolute Gasteiger partial charge is 0.480 e. The summed E-state index contributed by atoms with van der Waals surface area (Å²) >= 11 is 9.29. The van der Waals surface area contributed by atoms with Crippen LogP contribution in [0.4, 0.5) is 5.69 Å². The van der Waals surface area contributed by atoms with E-state index in [1.165, 1.54) is 6.42 Å². The zero-order valence-electron chi connectivity index (χ0n) is 10.5. The molecule has 0 spiro atoms. The summed E-state index contributed by atoms with van der Waals surface area (Å²) in [7, 11) is 0. The van der Waals surface area contributed by atoms with Gasteiger partial charge in [-0.3, -0.25) is 0 Å². The third-order valence-electron chi connectivity index (χ3n) is 3.63. The minimum absolute atomic E-state index is 0.209. The molecule has 1 aromatic rings. The zero-order chi connectivity index (χ0) is 13.8. The summed E-state index contributed by atoms with van der Waals surface area (Å²) in [6, 6.07) is 4.87. The van der Waals surface area contributed by atoms with Crippen LogP contribution in [0.3, 0.4) is 0 Å². The van der Waals surface area contributed by atoms with Gasteiger partial charge in [0.2, 0.25) is 0 Å². The van der Waals surface area contributed by atoms with E-state index in [0.717, 1.165) is 35.8 Å². The number of rotatable bonds is 4. The molecule has 0 saturated heterocycles. The fourth-order valence-corrected chi connectivity index (χ4v) is 3.11. The summed E-state index contributed by atoms with van der Waals surface area (Å²) in [5.41, 5.74) is 0.786. The summed E-state index contributed by atoms with van der Waals surface area (Å²) in [6.45, 7) is 0. The Kier molecular flexibility index (Phi) is 5.11. The van der Waals surface area contributed by atoms with Gasteiger partial charge in [-0.1, -0.05) is 30.9 Å². The molecule has 1 unspecified atom stereocenters. The van der Waals surface area contributed by atoms with Crippen LogP contribution in [0.2, 0.25) is 5.02 Å². The predicted octanol–water partition coefficient (Wildman–Crippen LogP) is 4.55. The van der Waals surface area contributed by atoms with Crippen molar-refractivity contribution < 1.29 is 9.90 Å². The SMILES string of the molecule is O=C(O)C(Nc1ccc(Cl)c(Br)c1)C1CCCCC1. The van der Waals surface area contributed by atoms with Gasteiger partial charge in [0.15, 0.2) is 0 Å². The highest BCUT2D eigenvalue weighted by atomic mass is 79.9. The molecule has 1 atom stereocenters. The highest BCUT2D eigenvalue weighted by molar-refractivity contribution is 9.10. The summed E-state index contributed by atoms with van der Waals surface area (Å²) in [5.74, 6) is -0.571. The van der Waals surface area contributed by atoms with Crippen LogP contribution in [0, 0.1) is 5.92 Å². The van der Waals surface area contributed by atoms with Gasteiger partial charge in [-0.25, -0.2) is 4.79 Å². The van der Waals surface area contributed by atoms with Crippen molar-refractivity contribution in [2.45, 2.75) is 38.1 Å². The van der Waals surface area contributed by atoms with Gasteiger partial charge in [-0.15, -0.1) is 0 Å². The molecule has 2 N–H and O–H groups in total. The highest BCUT2D eigenvalue weighted by Gasteiger charge is 2.29. The van der Waals surface area contributed by atoms with Gasteiger partial charge in [-0.2, -0.15) is 0 Å². The first-order valence-electron chi connectivity index (χ1n) is 6.52. The van der Waals surface area contributed by atoms with Crippen LogP contribution in [0.25, 0.3) is 0 Å². The van der Waals surface area contributed by atoms with E-state index in [2.05, 4.69) is 21.2 Å². The first-order valence-corrected chi connectivity index (χ1v) is 7.69. The van der Waals surface area contributed by atoms with Crippen molar-refractivity contribution >= 4 is 39.2 Å². The molecule has 1 aliphatic carbocycles. The second-order valence-corrected chi connectivity index (χ2v) is 6.25. The minimum atomic E-state index is -0.780. The van der Waals surface area contributed by atoms with Gasteiger partial charge in [-0.05, 0) is 52.9 Å². The Morgan fingerprint density at radius 3 is 2.63 bits per heavy atom. The lowest BCUT2D eigenvalue weighted by molar-refractivity contribution is -0.139. The van der Waals surface area contributed by atoms with Crippen LogP contribution in [-0.2, 0) is 4.79 Å². The Labute approximate surface area is 126 Å². The summed E-state index contributed by atoms with van der Waals surface area (Å²) in [5, 5.41) is 13.2. The Morgan fingerprint density at radius 1 is 1.37 bits per heavy atom. The summed E-state index contributed by atoms with van der Waals surface area (Å²) in [6.07, 6.45) is 5.44. The normalized spacial score (nSPS) is 18.0. The Bertz CT molecular complexity index is 461. The molecule has 1 aliphatic rings. The van der Waals surface area contributed by atoms with Gasteiger partial charge >= 0.3 is 5.97 Å². The standard InChI is InChI=1S/C14H17BrClNO2/c15-11-8-10(6-7-12(11)16)17-13(14(18)19)9-4-2-1-3-5-9/h6-9,13,17H,1-5H2,(H,18,19). The van der Waals surface area contributed by atoms with Crippen molar-refractivity contribution in [3.63, 3.8) is 0 Å². The molecular formula is C14H17BrClNO2. The van der Waals surface area contributed by atoms with Gasteiger partial charge in [0, 0.05) is 10.2 Å². The van der Waals surface area contributed by atoms with E-state index in [0.29, 0.717) is 5.02 Å². The van der Waals surface area contributed by atoms with E-state index in [4.69, 9.17) is 11.6 Å². The monoisotopic (exact) mass is 345 g/mol. The fraction of sp³-hybridized carbons (Fsp3) is 0.500. The minimum Gasteiger partial charge on any atom is -0.480 e. The van der Waals surface area contributed by atoms with Crippen molar-refractivity contribution in [1.82, 2.24) is 0 Å².